The van der Waals surface area contributed by atoms with Gasteiger partial charge in [0.15, 0.2) is 0 Å². The van der Waals surface area contributed by atoms with Crippen LogP contribution in [-0.4, -0.2) is 36.7 Å². The number of benzene rings is 2. The van der Waals surface area contributed by atoms with E-state index < -0.39 is 27.7 Å². The summed E-state index contributed by atoms with van der Waals surface area (Å²) in [5.74, 6) is -1.93. The predicted octanol–water partition coefficient (Wildman–Crippen LogP) is 3.54. The third-order valence-corrected chi connectivity index (χ3v) is 7.22. The molecule has 1 aromatic heterocycles. The van der Waals surface area contributed by atoms with Gasteiger partial charge in [-0.25, -0.2) is 12.8 Å². The summed E-state index contributed by atoms with van der Waals surface area (Å²) in [6.45, 7) is 3.30. The standard InChI is InChI=1S/C23H20FN3O4S/c1-3-27(18-7-4-6-15(2)12-18)32(30,31)20-13-17(24)10-9-16(20)14-26-22(28)19-8-5-11-25-21(19)23(26)29/h4-13H,3,14H2,1-2H3. The first-order valence-electron chi connectivity index (χ1n) is 9.93. The molecule has 0 spiro atoms. The number of hydrogen-bond acceptors (Lipinski definition) is 5. The minimum atomic E-state index is -4.19. The van der Waals surface area contributed by atoms with Gasteiger partial charge >= 0.3 is 0 Å². The zero-order chi connectivity index (χ0) is 23.0. The molecule has 2 amide bonds. The number of sulfonamides is 1. The van der Waals surface area contributed by atoms with E-state index in [0.29, 0.717) is 5.69 Å². The third kappa shape index (κ3) is 3.64. The minimum absolute atomic E-state index is 0.0129. The molecule has 4 rings (SSSR count). The first-order valence-corrected chi connectivity index (χ1v) is 11.4. The molecule has 9 heteroatoms. The van der Waals surface area contributed by atoms with E-state index >= 15 is 0 Å². The van der Waals surface area contributed by atoms with Crippen LogP contribution in [-0.2, 0) is 16.6 Å². The lowest BCUT2D eigenvalue weighted by Gasteiger charge is -2.25. The highest BCUT2D eigenvalue weighted by atomic mass is 32.2. The molecule has 3 aromatic rings. The quantitative estimate of drug-likeness (QED) is 0.533. The van der Waals surface area contributed by atoms with E-state index in [2.05, 4.69) is 4.98 Å². The Morgan fingerprint density at radius 2 is 1.81 bits per heavy atom. The largest absolute Gasteiger partial charge is 0.280 e. The average Bonchev–Trinajstić information content (AvgIpc) is 3.00. The fourth-order valence-corrected chi connectivity index (χ4v) is 5.41. The van der Waals surface area contributed by atoms with E-state index in [1.807, 2.05) is 13.0 Å². The summed E-state index contributed by atoms with van der Waals surface area (Å²) in [4.78, 5) is 30.0. The topological polar surface area (TPSA) is 87.7 Å². The lowest BCUT2D eigenvalue weighted by Crippen LogP contribution is -2.34. The Balaban J connectivity index is 1.76. The van der Waals surface area contributed by atoms with Gasteiger partial charge < -0.3 is 0 Å². The molecule has 2 aromatic carbocycles. The van der Waals surface area contributed by atoms with Crippen molar-refractivity contribution in [1.29, 1.82) is 0 Å². The monoisotopic (exact) mass is 453 g/mol. The van der Waals surface area contributed by atoms with Crippen molar-refractivity contribution in [2.45, 2.75) is 25.3 Å². The lowest BCUT2D eigenvalue weighted by molar-refractivity contribution is 0.0639. The Labute approximate surface area is 185 Å². The molecular formula is C23H20FN3O4S. The minimum Gasteiger partial charge on any atom is -0.268 e. The first-order chi connectivity index (χ1) is 15.2. The van der Waals surface area contributed by atoms with Crippen LogP contribution in [0.15, 0.2) is 65.7 Å². The van der Waals surface area contributed by atoms with Gasteiger partial charge in [0.25, 0.3) is 21.8 Å². The second kappa shape index (κ2) is 8.16. The van der Waals surface area contributed by atoms with Crippen LogP contribution in [0.25, 0.3) is 0 Å². The lowest BCUT2D eigenvalue weighted by atomic mass is 10.2. The van der Waals surface area contributed by atoms with Crippen LogP contribution in [0.1, 0.15) is 38.9 Å². The van der Waals surface area contributed by atoms with Gasteiger partial charge in [0.1, 0.15) is 11.5 Å². The van der Waals surface area contributed by atoms with Gasteiger partial charge in [-0.3, -0.25) is 23.8 Å². The van der Waals surface area contributed by atoms with Crippen LogP contribution in [0.4, 0.5) is 10.1 Å². The Hall–Kier alpha value is -3.59. The predicted molar refractivity (Wildman–Crippen MR) is 116 cm³/mol. The first kappa shape index (κ1) is 21.6. The van der Waals surface area contributed by atoms with E-state index in [-0.39, 0.29) is 34.8 Å². The zero-order valence-electron chi connectivity index (χ0n) is 17.4. The SMILES string of the molecule is CCN(c1cccc(C)c1)S(=O)(=O)c1cc(F)ccc1CN1C(=O)c2cccnc2C1=O. The van der Waals surface area contributed by atoms with Crippen molar-refractivity contribution >= 4 is 27.5 Å². The number of imide groups is 1. The molecule has 0 radical (unpaired) electrons. The van der Waals surface area contributed by atoms with Gasteiger partial charge in [-0.05, 0) is 61.4 Å². The second-order valence-electron chi connectivity index (χ2n) is 7.36. The summed E-state index contributed by atoms with van der Waals surface area (Å²) in [6, 6.07) is 13.3. The maximum atomic E-state index is 14.2. The van der Waals surface area contributed by atoms with Crippen LogP contribution < -0.4 is 4.31 Å². The Bertz CT molecular complexity index is 1310. The van der Waals surface area contributed by atoms with Gasteiger partial charge in [-0.1, -0.05) is 18.2 Å². The van der Waals surface area contributed by atoms with Crippen molar-refractivity contribution < 1.29 is 22.4 Å². The summed E-state index contributed by atoms with van der Waals surface area (Å²) >= 11 is 0. The fourth-order valence-electron chi connectivity index (χ4n) is 3.72. The number of fused-ring (bicyclic) bond motifs is 1. The smallest absolute Gasteiger partial charge is 0.268 e. The number of carbonyl (C=O) groups excluding carboxylic acids is 2. The van der Waals surface area contributed by atoms with Crippen molar-refractivity contribution in [2.24, 2.45) is 0 Å². The van der Waals surface area contributed by atoms with E-state index in [1.165, 1.54) is 22.6 Å². The molecule has 7 nitrogen and oxygen atoms in total. The zero-order valence-corrected chi connectivity index (χ0v) is 18.3. The molecule has 0 aliphatic carbocycles. The molecule has 0 saturated heterocycles. The molecular weight excluding hydrogens is 433 g/mol. The number of amides is 2. The van der Waals surface area contributed by atoms with Gasteiger partial charge in [0.05, 0.1) is 22.7 Å². The molecule has 164 valence electrons. The number of nitrogens with zero attached hydrogens (tertiary/aromatic N) is 3. The molecule has 32 heavy (non-hydrogen) atoms. The summed E-state index contributed by atoms with van der Waals surface area (Å²) in [7, 11) is -4.19. The van der Waals surface area contributed by atoms with E-state index in [1.54, 1.807) is 31.2 Å². The van der Waals surface area contributed by atoms with Gasteiger partial charge in [0.2, 0.25) is 0 Å². The molecule has 0 bridgehead atoms. The summed E-state index contributed by atoms with van der Waals surface area (Å²) in [5, 5.41) is 0. The molecule has 0 unspecified atom stereocenters. The van der Waals surface area contributed by atoms with E-state index in [9.17, 15) is 22.4 Å². The fraction of sp³-hybridized carbons (Fsp3) is 0.174. The number of rotatable bonds is 6. The maximum absolute atomic E-state index is 14.2. The van der Waals surface area contributed by atoms with Gasteiger partial charge in [-0.15, -0.1) is 0 Å². The molecule has 0 atom stereocenters. The number of anilines is 1. The molecule has 0 fully saturated rings. The van der Waals surface area contributed by atoms with Crippen LogP contribution >= 0.6 is 0 Å². The van der Waals surface area contributed by atoms with Gasteiger partial charge in [0, 0.05) is 12.7 Å². The number of aryl methyl sites for hydroxylation is 1. The number of halogens is 1. The van der Waals surface area contributed by atoms with Crippen molar-refractivity contribution in [3.63, 3.8) is 0 Å². The highest BCUT2D eigenvalue weighted by Crippen LogP contribution is 2.30. The Morgan fingerprint density at radius 1 is 1.03 bits per heavy atom. The summed E-state index contributed by atoms with van der Waals surface area (Å²) in [6.07, 6.45) is 1.41. The van der Waals surface area contributed by atoms with Crippen LogP contribution in [0.2, 0.25) is 0 Å². The van der Waals surface area contributed by atoms with Crippen molar-refractivity contribution in [3.05, 3.63) is 89.0 Å². The normalized spacial score (nSPS) is 13.4. The summed E-state index contributed by atoms with van der Waals surface area (Å²) < 4.78 is 42.4. The van der Waals surface area contributed by atoms with E-state index in [0.717, 1.165) is 22.6 Å². The highest BCUT2D eigenvalue weighted by molar-refractivity contribution is 7.92. The van der Waals surface area contributed by atoms with E-state index in [4.69, 9.17) is 0 Å². The van der Waals surface area contributed by atoms with Crippen LogP contribution in [0.3, 0.4) is 0 Å². The summed E-state index contributed by atoms with van der Waals surface area (Å²) in [5.41, 5.74) is 1.60. The Morgan fingerprint density at radius 3 is 2.50 bits per heavy atom. The molecule has 2 heterocycles. The second-order valence-corrected chi connectivity index (χ2v) is 9.19. The number of aromatic nitrogens is 1. The molecule has 1 aliphatic heterocycles. The molecule has 0 N–H and O–H groups in total. The van der Waals surface area contributed by atoms with Crippen molar-refractivity contribution in [3.8, 4) is 0 Å². The van der Waals surface area contributed by atoms with Crippen molar-refractivity contribution in [2.75, 3.05) is 10.8 Å². The highest BCUT2D eigenvalue weighted by Gasteiger charge is 2.38. The number of hydrogen-bond donors (Lipinski definition) is 0. The third-order valence-electron chi connectivity index (χ3n) is 5.23. The van der Waals surface area contributed by atoms with Crippen LogP contribution in [0, 0.1) is 12.7 Å². The number of pyridine rings is 1. The maximum Gasteiger partial charge on any atom is 0.280 e. The van der Waals surface area contributed by atoms with Crippen molar-refractivity contribution in [1.82, 2.24) is 9.88 Å². The molecule has 0 saturated carbocycles. The van der Waals surface area contributed by atoms with Crippen LogP contribution in [0.5, 0.6) is 0 Å². The Kier molecular flexibility index (Phi) is 5.52. The molecule has 1 aliphatic rings. The van der Waals surface area contributed by atoms with Gasteiger partial charge in [-0.2, -0.15) is 0 Å². The number of carbonyl (C=O) groups is 2. The average molecular weight is 453 g/mol.